The van der Waals surface area contributed by atoms with Gasteiger partial charge >= 0.3 is 0 Å². The molecule has 0 bridgehead atoms. The molecule has 3 aliphatic rings. The summed E-state index contributed by atoms with van der Waals surface area (Å²) >= 11 is 0. The molecule has 9 nitrogen and oxygen atoms in total. The molecule has 3 aromatic rings. The molecular formula is C30H40N6O3. The fourth-order valence-corrected chi connectivity index (χ4v) is 6.23. The molecule has 1 atom stereocenters. The number of nitrogens with one attached hydrogen (secondary N) is 2. The summed E-state index contributed by atoms with van der Waals surface area (Å²) in [5.41, 5.74) is 5.63. The van der Waals surface area contributed by atoms with E-state index in [1.54, 1.807) is 12.4 Å². The zero-order chi connectivity index (χ0) is 26.4. The van der Waals surface area contributed by atoms with E-state index in [1.165, 1.54) is 42.1 Å². The summed E-state index contributed by atoms with van der Waals surface area (Å²) in [7, 11) is 0. The maximum absolute atomic E-state index is 12.4. The van der Waals surface area contributed by atoms with Crippen LogP contribution in [0, 0.1) is 5.92 Å². The molecule has 2 N–H and O–H groups in total. The lowest BCUT2D eigenvalue weighted by Crippen LogP contribution is -2.38. The number of fused-ring (bicyclic) bond motifs is 1. The van der Waals surface area contributed by atoms with E-state index >= 15 is 0 Å². The van der Waals surface area contributed by atoms with Gasteiger partial charge in [0.25, 0.3) is 5.91 Å². The summed E-state index contributed by atoms with van der Waals surface area (Å²) in [5, 5.41) is 5.13. The Hall–Kier alpha value is -3.01. The van der Waals surface area contributed by atoms with Crippen molar-refractivity contribution in [3.05, 3.63) is 54.0 Å². The van der Waals surface area contributed by atoms with Crippen LogP contribution in [0.3, 0.4) is 0 Å². The van der Waals surface area contributed by atoms with Crippen LogP contribution in [0.2, 0.25) is 0 Å². The Morgan fingerprint density at radius 1 is 1.00 bits per heavy atom. The molecule has 4 heterocycles. The number of aromatic nitrogens is 3. The van der Waals surface area contributed by atoms with Crippen molar-refractivity contribution in [2.24, 2.45) is 5.92 Å². The van der Waals surface area contributed by atoms with Crippen molar-refractivity contribution in [2.45, 2.75) is 76.7 Å². The molecule has 1 aliphatic carbocycles. The lowest BCUT2D eigenvalue weighted by atomic mass is 9.97. The van der Waals surface area contributed by atoms with Crippen molar-refractivity contribution < 1.29 is 14.4 Å². The molecule has 2 aromatic heterocycles. The van der Waals surface area contributed by atoms with Crippen LogP contribution in [0.25, 0.3) is 10.9 Å². The van der Waals surface area contributed by atoms with E-state index < -0.39 is 0 Å². The molecule has 1 saturated carbocycles. The van der Waals surface area contributed by atoms with Gasteiger partial charge in [-0.1, -0.05) is 31.0 Å². The molecule has 1 amide bonds. The summed E-state index contributed by atoms with van der Waals surface area (Å²) < 4.78 is 8.01. The predicted molar refractivity (Wildman–Crippen MR) is 150 cm³/mol. The van der Waals surface area contributed by atoms with Crippen molar-refractivity contribution in [3.63, 3.8) is 0 Å². The number of carbonyl (C=O) groups excluding carboxylic acids is 1. The number of nitrogens with zero attached hydrogens (tertiary/aromatic N) is 4. The topological polar surface area (TPSA) is 93.5 Å². The van der Waals surface area contributed by atoms with Crippen molar-refractivity contribution in [1.82, 2.24) is 25.3 Å². The van der Waals surface area contributed by atoms with Gasteiger partial charge < -0.3 is 19.5 Å². The number of benzene rings is 1. The predicted octanol–water partition coefficient (Wildman–Crippen LogP) is 4.74. The van der Waals surface area contributed by atoms with E-state index in [0.717, 1.165) is 58.3 Å². The van der Waals surface area contributed by atoms with Gasteiger partial charge in [0.2, 0.25) is 5.95 Å². The first-order valence-corrected chi connectivity index (χ1v) is 14.7. The maximum Gasteiger partial charge on any atom is 0.278 e. The number of amides is 1. The highest BCUT2D eigenvalue weighted by Gasteiger charge is 2.23. The summed E-state index contributed by atoms with van der Waals surface area (Å²) in [6.07, 6.45) is 15.5. The molecule has 0 spiro atoms. The highest BCUT2D eigenvalue weighted by Crippen LogP contribution is 2.34. The van der Waals surface area contributed by atoms with Crippen molar-refractivity contribution in [3.8, 4) is 0 Å². The number of hydroxylamine groups is 1. The molecule has 6 rings (SSSR count). The molecule has 9 heteroatoms. The van der Waals surface area contributed by atoms with Crippen LogP contribution in [0.5, 0.6) is 0 Å². The molecule has 39 heavy (non-hydrogen) atoms. The summed E-state index contributed by atoms with van der Waals surface area (Å²) in [4.78, 5) is 28.9. The third kappa shape index (κ3) is 6.26. The van der Waals surface area contributed by atoms with Crippen molar-refractivity contribution >= 4 is 22.8 Å². The van der Waals surface area contributed by atoms with Gasteiger partial charge in [0.15, 0.2) is 6.29 Å². The molecular weight excluding hydrogens is 492 g/mol. The second kappa shape index (κ2) is 12.4. The molecule has 2 aliphatic heterocycles. The Morgan fingerprint density at radius 2 is 1.77 bits per heavy atom. The van der Waals surface area contributed by atoms with Gasteiger partial charge in [-0.2, -0.15) is 0 Å². The monoisotopic (exact) mass is 532 g/mol. The maximum atomic E-state index is 12.4. The number of anilines is 1. The zero-order valence-electron chi connectivity index (χ0n) is 22.7. The van der Waals surface area contributed by atoms with Crippen LogP contribution < -0.4 is 15.7 Å². The second-order valence-corrected chi connectivity index (χ2v) is 11.2. The van der Waals surface area contributed by atoms with E-state index in [4.69, 9.17) is 9.57 Å². The number of carbonyl (C=O) groups is 1. The van der Waals surface area contributed by atoms with E-state index in [0.29, 0.717) is 30.1 Å². The molecule has 1 aromatic carbocycles. The molecule has 2 saturated heterocycles. The average molecular weight is 533 g/mol. The molecule has 1 unspecified atom stereocenters. The first-order valence-electron chi connectivity index (χ1n) is 14.7. The minimum Gasteiger partial charge on any atom is -0.350 e. The van der Waals surface area contributed by atoms with Crippen molar-refractivity contribution in [1.29, 1.82) is 0 Å². The largest absolute Gasteiger partial charge is 0.350 e. The van der Waals surface area contributed by atoms with Gasteiger partial charge in [-0.3, -0.25) is 4.79 Å². The SMILES string of the molecule is O=C(NOC1CCCCO1)c1cnc(N2CCC(CNCc3cn(C4CCCC4)c4ccccc34)CC2)nc1. The van der Waals surface area contributed by atoms with Crippen LogP contribution in [-0.2, 0) is 16.1 Å². The van der Waals surface area contributed by atoms with Crippen LogP contribution in [0.1, 0.15) is 79.8 Å². The van der Waals surface area contributed by atoms with E-state index in [2.05, 4.69) is 60.7 Å². The smallest absolute Gasteiger partial charge is 0.278 e. The van der Waals surface area contributed by atoms with Gasteiger partial charge in [0, 0.05) is 68.2 Å². The first-order chi connectivity index (χ1) is 19.2. The average Bonchev–Trinajstić information content (AvgIpc) is 3.66. The number of rotatable bonds is 9. The van der Waals surface area contributed by atoms with E-state index in [9.17, 15) is 4.79 Å². The van der Waals surface area contributed by atoms with Crippen molar-refractivity contribution in [2.75, 3.05) is 31.1 Å². The Bertz CT molecular complexity index is 1230. The molecule has 3 fully saturated rings. The number of ether oxygens (including phenoxy) is 1. The van der Waals surface area contributed by atoms with Gasteiger partial charge in [-0.05, 0) is 62.6 Å². The Morgan fingerprint density at radius 3 is 2.54 bits per heavy atom. The Kier molecular flexibility index (Phi) is 8.37. The number of para-hydroxylation sites is 1. The Balaban J connectivity index is 0.958. The van der Waals surface area contributed by atoms with Crippen LogP contribution in [-0.4, -0.2) is 53.0 Å². The Labute approximate surface area is 230 Å². The minimum atomic E-state index is -0.379. The fraction of sp³-hybridized carbons (Fsp3) is 0.567. The quantitative estimate of drug-likeness (QED) is 0.385. The number of piperidine rings is 1. The lowest BCUT2D eigenvalue weighted by Gasteiger charge is -2.32. The molecule has 208 valence electrons. The minimum absolute atomic E-state index is 0.355. The standard InChI is InChI=1S/C30H40N6O3/c37-29(34-39-28-11-5-6-16-38-28)23-19-32-30(33-20-23)35-14-12-22(13-15-35)17-31-18-24-21-36(25-7-1-2-8-25)27-10-4-3-9-26(24)27/h3-4,9-10,19-22,25,28,31H,1-2,5-8,11-18H2,(H,34,37). The van der Waals surface area contributed by atoms with Gasteiger partial charge in [0.05, 0.1) is 5.56 Å². The van der Waals surface area contributed by atoms with Gasteiger partial charge in [-0.25, -0.2) is 20.3 Å². The highest BCUT2D eigenvalue weighted by molar-refractivity contribution is 5.92. The highest BCUT2D eigenvalue weighted by atomic mass is 16.8. The fourth-order valence-electron chi connectivity index (χ4n) is 6.23. The van der Waals surface area contributed by atoms with Crippen LogP contribution in [0.15, 0.2) is 42.9 Å². The van der Waals surface area contributed by atoms with E-state index in [1.807, 2.05) is 0 Å². The van der Waals surface area contributed by atoms with E-state index in [-0.39, 0.29) is 12.2 Å². The number of hydrogen-bond donors (Lipinski definition) is 2. The number of hydrogen-bond acceptors (Lipinski definition) is 7. The van der Waals surface area contributed by atoms with Crippen LogP contribution in [0.4, 0.5) is 5.95 Å². The summed E-state index contributed by atoms with van der Waals surface area (Å²) in [6, 6.07) is 9.51. The lowest BCUT2D eigenvalue weighted by molar-refractivity contribution is -0.186. The first kappa shape index (κ1) is 26.2. The summed E-state index contributed by atoms with van der Waals surface area (Å²) in [6.45, 7) is 4.42. The third-order valence-corrected chi connectivity index (χ3v) is 8.51. The molecule has 0 radical (unpaired) electrons. The van der Waals surface area contributed by atoms with Crippen LogP contribution >= 0.6 is 0 Å². The van der Waals surface area contributed by atoms with Gasteiger partial charge in [-0.15, -0.1) is 0 Å². The normalized spacial score (nSPS) is 21.0. The zero-order valence-corrected chi connectivity index (χ0v) is 22.7. The summed E-state index contributed by atoms with van der Waals surface area (Å²) in [5.74, 6) is 0.953. The third-order valence-electron chi connectivity index (χ3n) is 8.51. The second-order valence-electron chi connectivity index (χ2n) is 11.2. The van der Waals surface area contributed by atoms with Gasteiger partial charge in [0.1, 0.15) is 0 Å².